The van der Waals surface area contributed by atoms with E-state index in [1.165, 1.54) is 24.9 Å². The van der Waals surface area contributed by atoms with Crippen molar-refractivity contribution in [2.75, 3.05) is 7.05 Å². The van der Waals surface area contributed by atoms with E-state index in [9.17, 15) is 4.79 Å². The average Bonchev–Trinajstić information content (AvgIpc) is 2.99. The van der Waals surface area contributed by atoms with Crippen LogP contribution < -0.4 is 0 Å². The van der Waals surface area contributed by atoms with E-state index in [1.807, 2.05) is 54.1 Å². The first kappa shape index (κ1) is 29.5. The third-order valence-electron chi connectivity index (χ3n) is 3.54. The molecule has 7 nitrogen and oxygen atoms in total. The molecule has 8 heteroatoms. The maximum atomic E-state index is 12.4. The summed E-state index contributed by atoms with van der Waals surface area (Å²) in [5.41, 5.74) is 1.19. The van der Waals surface area contributed by atoms with Crippen LogP contribution in [-0.4, -0.2) is 32.9 Å². The monoisotopic (exact) mass is 538 g/mol. The van der Waals surface area contributed by atoms with Crippen LogP contribution in [0.3, 0.4) is 0 Å². The molecule has 140 valence electrons. The Labute approximate surface area is 170 Å². The molecule has 27 heavy (non-hydrogen) atoms. The molecule has 2 amide bonds. The molecule has 0 N–H and O–H groups in total. The van der Waals surface area contributed by atoms with Crippen molar-refractivity contribution in [1.82, 2.24) is 9.80 Å². The van der Waals surface area contributed by atoms with Crippen LogP contribution in [0.2, 0.25) is 0 Å². The van der Waals surface area contributed by atoms with Crippen LogP contribution in [-0.2, 0) is 38.0 Å². The number of hydrogen-bond donors (Lipinski definition) is 0. The normalized spacial score (nSPS) is 16.8. The minimum absolute atomic E-state index is 0.0875. The SMILES string of the molecule is C/C=C/[C](=[W])N1C(=O)N(C)[C@@H](C)[C@H]1c1ccccc1.[C-]#[O+].[C-]#[O+].[C-]#[O+].[C-]#[O+]. The molecule has 0 radical (unpaired) electrons. The molecule has 0 aliphatic carbocycles. The Morgan fingerprint density at radius 2 is 1.48 bits per heavy atom. The molecule has 1 aliphatic rings. The van der Waals surface area contributed by atoms with Crippen LogP contribution >= 0.6 is 0 Å². The van der Waals surface area contributed by atoms with Gasteiger partial charge in [-0.05, 0) is 0 Å². The summed E-state index contributed by atoms with van der Waals surface area (Å²) < 4.78 is 31.1. The molecule has 1 fully saturated rings. The van der Waals surface area contributed by atoms with Gasteiger partial charge in [0.2, 0.25) is 0 Å². The second-order valence-electron chi connectivity index (χ2n) is 4.70. The summed E-state index contributed by atoms with van der Waals surface area (Å²) in [4.78, 5) is 16.2. The summed E-state index contributed by atoms with van der Waals surface area (Å²) in [7, 11) is 1.88. The Hall–Kier alpha value is -2.25. The Morgan fingerprint density at radius 1 is 1.04 bits per heavy atom. The number of allylic oxidation sites excluding steroid dienone is 1. The van der Waals surface area contributed by atoms with Crippen LogP contribution in [0.5, 0.6) is 0 Å². The summed E-state index contributed by atoms with van der Waals surface area (Å²) in [5, 5.41) is 0. The Morgan fingerprint density at radius 3 is 1.89 bits per heavy atom. The van der Waals surface area contributed by atoms with Gasteiger partial charge in [-0.15, -0.1) is 0 Å². The number of benzene rings is 1. The second-order valence-corrected chi connectivity index (χ2v) is 6.20. The molecule has 1 aromatic carbocycles. The number of amides is 2. The quantitative estimate of drug-likeness (QED) is 0.429. The van der Waals surface area contributed by atoms with Crippen molar-refractivity contribution in [2.45, 2.75) is 25.9 Å². The van der Waals surface area contributed by atoms with Gasteiger partial charge >= 0.3 is 170 Å². The summed E-state index contributed by atoms with van der Waals surface area (Å²) in [6.45, 7) is 22.1. The first-order valence-corrected chi connectivity index (χ1v) is 8.64. The topological polar surface area (TPSA) is 103 Å². The van der Waals surface area contributed by atoms with E-state index in [4.69, 9.17) is 18.6 Å². The van der Waals surface area contributed by atoms with Gasteiger partial charge in [0.25, 0.3) is 0 Å². The first-order chi connectivity index (χ1) is 13.1. The zero-order valence-corrected chi connectivity index (χ0v) is 18.0. The van der Waals surface area contributed by atoms with Crippen LogP contribution in [0.4, 0.5) is 4.79 Å². The van der Waals surface area contributed by atoms with Crippen molar-refractivity contribution in [3.05, 3.63) is 74.6 Å². The van der Waals surface area contributed by atoms with E-state index in [-0.39, 0.29) is 18.1 Å². The van der Waals surface area contributed by atoms with E-state index in [0.717, 1.165) is 4.02 Å². The molecule has 1 heterocycles. The average molecular weight is 538 g/mol. The molecule has 0 spiro atoms. The predicted molar refractivity (Wildman–Crippen MR) is 89.2 cm³/mol. The van der Waals surface area contributed by atoms with Crippen LogP contribution in [0, 0.1) is 26.6 Å². The van der Waals surface area contributed by atoms with Crippen molar-refractivity contribution in [1.29, 1.82) is 0 Å². The Kier molecular flexibility index (Phi) is 20.3. The van der Waals surface area contributed by atoms with Gasteiger partial charge in [0.1, 0.15) is 0 Å². The summed E-state index contributed by atoms with van der Waals surface area (Å²) >= 11 is 1.31. The fourth-order valence-corrected chi connectivity index (χ4v) is 3.60. The van der Waals surface area contributed by atoms with Crippen LogP contribution in [0.25, 0.3) is 0 Å². The molecule has 0 saturated carbocycles. The zero-order chi connectivity index (χ0) is 22.0. The van der Waals surface area contributed by atoms with Crippen LogP contribution in [0.1, 0.15) is 25.5 Å². The number of carbonyl (C=O) groups excluding carboxylic acids is 1. The Balaban J connectivity index is -0.000000638. The molecular formula is C19H18N2O5W. The van der Waals surface area contributed by atoms with E-state index < -0.39 is 0 Å². The molecule has 1 aliphatic heterocycles. The number of rotatable bonds is 3. The van der Waals surface area contributed by atoms with Crippen molar-refractivity contribution in [3.63, 3.8) is 0 Å². The molecule has 0 aromatic heterocycles. The molecule has 0 unspecified atom stereocenters. The van der Waals surface area contributed by atoms with Gasteiger partial charge in [-0.1, -0.05) is 0 Å². The number of carbonyl (C=O) groups is 1. The maximum absolute atomic E-state index is 12.4. The summed E-state index contributed by atoms with van der Waals surface area (Å²) in [5.74, 6) is 0. The summed E-state index contributed by atoms with van der Waals surface area (Å²) in [6, 6.07) is 10.6. The standard InChI is InChI=1S/C15H18N2O.4CO.W/c1-4-5-11-17-14(12(2)16(3)15(17)18)13-9-7-6-8-10-13;4*1-2;/h4-10,12,14H,1-3H3;;;;;/b5-4+;;;;;/t12-,14-;;;;;/m0...../s1. The van der Waals surface area contributed by atoms with Gasteiger partial charge in [-0.25, -0.2) is 0 Å². The van der Waals surface area contributed by atoms with Gasteiger partial charge < -0.3 is 0 Å². The van der Waals surface area contributed by atoms with Gasteiger partial charge in [0.15, 0.2) is 0 Å². The van der Waals surface area contributed by atoms with Gasteiger partial charge in [0, 0.05) is 0 Å². The third-order valence-corrected chi connectivity index (χ3v) is 4.74. The van der Waals surface area contributed by atoms with Crippen molar-refractivity contribution < 1.29 is 42.8 Å². The fourth-order valence-electron chi connectivity index (χ4n) is 2.42. The second kappa shape index (κ2) is 18.5. The molecule has 2 rings (SSSR count). The van der Waals surface area contributed by atoms with E-state index in [1.54, 1.807) is 0 Å². The molecule has 0 bridgehead atoms. The minimum atomic E-state index is 0.0875. The third kappa shape index (κ3) is 8.32. The molecular weight excluding hydrogens is 520 g/mol. The van der Waals surface area contributed by atoms with Crippen LogP contribution in [0.15, 0.2) is 42.5 Å². The zero-order valence-electron chi connectivity index (χ0n) is 15.0. The van der Waals surface area contributed by atoms with Crippen molar-refractivity contribution >= 4 is 10.1 Å². The van der Waals surface area contributed by atoms with Gasteiger partial charge in [0.05, 0.1) is 0 Å². The van der Waals surface area contributed by atoms with Crippen molar-refractivity contribution in [3.8, 4) is 0 Å². The number of nitrogens with zero attached hydrogens (tertiary/aromatic N) is 2. The van der Waals surface area contributed by atoms with Gasteiger partial charge in [-0.2, -0.15) is 0 Å². The van der Waals surface area contributed by atoms with E-state index in [0.29, 0.717) is 0 Å². The van der Waals surface area contributed by atoms with E-state index in [2.05, 4.69) is 45.7 Å². The predicted octanol–water partition coefficient (Wildman–Crippen LogP) is 2.59. The Bertz CT molecular complexity index is 656. The number of urea groups is 1. The number of hydrogen-bond acceptors (Lipinski definition) is 1. The number of likely N-dealkylation sites (N-methyl/N-ethyl adjacent to an activating group) is 1. The first-order valence-electron chi connectivity index (χ1n) is 7.17. The molecule has 1 aromatic rings. The van der Waals surface area contributed by atoms with Gasteiger partial charge in [-0.3, -0.25) is 0 Å². The van der Waals surface area contributed by atoms with E-state index >= 15 is 0 Å². The fraction of sp³-hybridized carbons (Fsp3) is 0.263. The molecule has 1 saturated heterocycles. The summed E-state index contributed by atoms with van der Waals surface area (Å²) in [6.07, 6.45) is 4.01. The van der Waals surface area contributed by atoms with Crippen molar-refractivity contribution in [2.24, 2.45) is 0 Å². The molecule has 2 atom stereocenters.